The highest BCUT2D eigenvalue weighted by molar-refractivity contribution is 14.0. The fourth-order valence-electron chi connectivity index (χ4n) is 2.68. The lowest BCUT2D eigenvalue weighted by Gasteiger charge is -2.12. The third-order valence-electron chi connectivity index (χ3n) is 3.91. The molecule has 3 rings (SSSR count). The normalized spacial score (nSPS) is 14.4. The van der Waals surface area contributed by atoms with Gasteiger partial charge < -0.3 is 20.0 Å². The summed E-state index contributed by atoms with van der Waals surface area (Å²) in [6, 6.07) is 3.81. The Labute approximate surface area is 170 Å². The van der Waals surface area contributed by atoms with Gasteiger partial charge in [-0.1, -0.05) is 0 Å². The van der Waals surface area contributed by atoms with Gasteiger partial charge in [0.05, 0.1) is 12.0 Å². The van der Waals surface area contributed by atoms with Gasteiger partial charge >= 0.3 is 0 Å². The van der Waals surface area contributed by atoms with Crippen LogP contribution in [0.5, 0.6) is 0 Å². The number of furan rings is 1. The summed E-state index contributed by atoms with van der Waals surface area (Å²) in [5.74, 6) is 1.67. The van der Waals surface area contributed by atoms with Gasteiger partial charge in [0.1, 0.15) is 12.3 Å². The summed E-state index contributed by atoms with van der Waals surface area (Å²) in [6.45, 7) is 6.54. The molecule has 25 heavy (non-hydrogen) atoms. The number of thiazole rings is 1. The number of aliphatic imine (C=N–C) groups is 1. The zero-order chi connectivity index (χ0) is 16.6. The van der Waals surface area contributed by atoms with Gasteiger partial charge in [0.15, 0.2) is 11.1 Å². The first kappa shape index (κ1) is 20.0. The first-order valence-electron chi connectivity index (χ1n) is 8.59. The molecule has 8 heteroatoms. The molecule has 0 amide bonds. The minimum Gasteiger partial charge on any atom is -0.467 e. The maximum absolute atomic E-state index is 5.31. The zero-order valence-electron chi connectivity index (χ0n) is 14.5. The lowest BCUT2D eigenvalue weighted by Crippen LogP contribution is -2.38. The highest BCUT2D eigenvalue weighted by atomic mass is 127. The Morgan fingerprint density at radius 3 is 2.92 bits per heavy atom. The topological polar surface area (TPSA) is 65.7 Å². The monoisotopic (exact) mass is 475 g/mol. The van der Waals surface area contributed by atoms with Gasteiger partial charge in [-0.15, -0.1) is 35.3 Å². The van der Waals surface area contributed by atoms with Crippen molar-refractivity contribution in [1.82, 2.24) is 15.6 Å². The van der Waals surface area contributed by atoms with Gasteiger partial charge in [0, 0.05) is 38.0 Å². The minimum absolute atomic E-state index is 0. The van der Waals surface area contributed by atoms with Crippen molar-refractivity contribution in [1.29, 1.82) is 0 Å². The van der Waals surface area contributed by atoms with Crippen LogP contribution in [0.15, 0.2) is 33.2 Å². The molecule has 1 aliphatic heterocycles. The molecule has 6 nitrogen and oxygen atoms in total. The largest absolute Gasteiger partial charge is 0.467 e. The van der Waals surface area contributed by atoms with Crippen LogP contribution in [0.4, 0.5) is 5.13 Å². The molecule has 0 atom stereocenters. The number of aromatic nitrogens is 1. The van der Waals surface area contributed by atoms with Gasteiger partial charge in [-0.05, 0) is 31.9 Å². The number of nitrogens with zero attached hydrogens (tertiary/aromatic N) is 3. The number of nitrogens with one attached hydrogen (secondary N) is 2. The lowest BCUT2D eigenvalue weighted by molar-refractivity contribution is 0.512. The Hall–Kier alpha value is -1.29. The Morgan fingerprint density at radius 2 is 2.20 bits per heavy atom. The molecule has 0 radical (unpaired) electrons. The maximum Gasteiger partial charge on any atom is 0.191 e. The first-order valence-corrected chi connectivity index (χ1v) is 9.47. The summed E-state index contributed by atoms with van der Waals surface area (Å²) in [6.07, 6.45) is 5.14. The third kappa shape index (κ3) is 6.18. The van der Waals surface area contributed by atoms with Crippen LogP contribution in [-0.2, 0) is 13.0 Å². The molecular formula is C17H26IN5OS. The van der Waals surface area contributed by atoms with E-state index in [9.17, 15) is 0 Å². The molecule has 0 spiro atoms. The number of anilines is 1. The molecule has 1 aliphatic rings. The van der Waals surface area contributed by atoms with Crippen LogP contribution in [0.1, 0.15) is 31.2 Å². The molecule has 2 N–H and O–H groups in total. The van der Waals surface area contributed by atoms with Crippen LogP contribution in [-0.4, -0.2) is 37.1 Å². The second-order valence-corrected chi connectivity index (χ2v) is 6.60. The maximum atomic E-state index is 5.31. The van der Waals surface area contributed by atoms with E-state index >= 15 is 0 Å². The number of hydrogen-bond donors (Lipinski definition) is 2. The molecule has 0 aromatic carbocycles. The number of hydrogen-bond acceptors (Lipinski definition) is 5. The van der Waals surface area contributed by atoms with Crippen LogP contribution in [0, 0.1) is 0 Å². The smallest absolute Gasteiger partial charge is 0.191 e. The van der Waals surface area contributed by atoms with Gasteiger partial charge in [0.2, 0.25) is 0 Å². The fraction of sp³-hybridized carbons (Fsp3) is 0.529. The predicted molar refractivity (Wildman–Crippen MR) is 114 cm³/mol. The molecule has 3 heterocycles. The molecule has 2 aromatic heterocycles. The van der Waals surface area contributed by atoms with Crippen molar-refractivity contribution in [3.63, 3.8) is 0 Å². The summed E-state index contributed by atoms with van der Waals surface area (Å²) in [5.41, 5.74) is 1.15. The van der Waals surface area contributed by atoms with Gasteiger partial charge in [-0.2, -0.15) is 0 Å². The quantitative estimate of drug-likeness (QED) is 0.366. The number of halogens is 1. The second kappa shape index (κ2) is 10.6. The Bertz CT molecular complexity index is 637. The van der Waals surface area contributed by atoms with E-state index in [0.717, 1.165) is 50.0 Å². The van der Waals surface area contributed by atoms with Crippen molar-refractivity contribution in [3.05, 3.63) is 35.2 Å². The molecular weight excluding hydrogens is 449 g/mol. The number of guanidine groups is 1. The van der Waals surface area contributed by atoms with Gasteiger partial charge in [-0.3, -0.25) is 0 Å². The second-order valence-electron chi connectivity index (χ2n) is 5.77. The predicted octanol–water partition coefficient (Wildman–Crippen LogP) is 3.25. The van der Waals surface area contributed by atoms with Crippen LogP contribution >= 0.6 is 35.3 Å². The summed E-state index contributed by atoms with van der Waals surface area (Å²) < 4.78 is 5.31. The Kier molecular flexibility index (Phi) is 8.53. The van der Waals surface area contributed by atoms with Crippen molar-refractivity contribution < 1.29 is 4.42 Å². The number of rotatable bonds is 7. The minimum atomic E-state index is 0. The van der Waals surface area contributed by atoms with Crippen LogP contribution in [0.25, 0.3) is 0 Å². The van der Waals surface area contributed by atoms with Crippen LogP contribution in [0.2, 0.25) is 0 Å². The summed E-state index contributed by atoms with van der Waals surface area (Å²) in [7, 11) is 0. The van der Waals surface area contributed by atoms with Crippen molar-refractivity contribution in [2.75, 3.05) is 31.1 Å². The zero-order valence-corrected chi connectivity index (χ0v) is 17.7. The highest BCUT2D eigenvalue weighted by Crippen LogP contribution is 2.24. The summed E-state index contributed by atoms with van der Waals surface area (Å²) in [5, 5.41) is 9.95. The van der Waals surface area contributed by atoms with E-state index in [2.05, 4.69) is 32.8 Å². The van der Waals surface area contributed by atoms with E-state index in [1.165, 1.54) is 18.0 Å². The lowest BCUT2D eigenvalue weighted by atomic mass is 10.3. The van der Waals surface area contributed by atoms with Crippen molar-refractivity contribution in [2.24, 2.45) is 4.99 Å². The summed E-state index contributed by atoms with van der Waals surface area (Å²) >= 11 is 1.75. The van der Waals surface area contributed by atoms with Crippen molar-refractivity contribution in [3.8, 4) is 0 Å². The molecule has 1 saturated heterocycles. The molecule has 0 bridgehead atoms. The Balaban J connectivity index is 0.00000225. The molecule has 2 aromatic rings. The Morgan fingerprint density at radius 1 is 1.36 bits per heavy atom. The average molecular weight is 475 g/mol. The molecule has 138 valence electrons. The highest BCUT2D eigenvalue weighted by Gasteiger charge is 2.15. The molecule has 1 fully saturated rings. The van der Waals surface area contributed by atoms with Crippen molar-refractivity contribution in [2.45, 2.75) is 32.7 Å². The van der Waals surface area contributed by atoms with Crippen molar-refractivity contribution >= 4 is 46.4 Å². The SMILES string of the molecule is CCNC(=NCc1ccco1)NCCc1csc(N2CCCC2)n1.I. The van der Waals surface area contributed by atoms with Crippen LogP contribution < -0.4 is 15.5 Å². The van der Waals surface area contributed by atoms with E-state index < -0.39 is 0 Å². The molecule has 0 unspecified atom stereocenters. The molecule has 0 saturated carbocycles. The van der Waals surface area contributed by atoms with E-state index in [-0.39, 0.29) is 24.0 Å². The first-order chi connectivity index (χ1) is 11.8. The van der Waals surface area contributed by atoms with E-state index in [1.807, 2.05) is 12.1 Å². The van der Waals surface area contributed by atoms with Gasteiger partial charge in [-0.25, -0.2) is 9.98 Å². The average Bonchev–Trinajstić information content (AvgIpc) is 3.33. The van der Waals surface area contributed by atoms with E-state index in [4.69, 9.17) is 9.40 Å². The molecule has 0 aliphatic carbocycles. The fourth-order valence-corrected chi connectivity index (χ4v) is 3.59. The van der Waals surface area contributed by atoms with Gasteiger partial charge in [0.25, 0.3) is 0 Å². The standard InChI is InChI=1S/C17H25N5OS.HI/c1-2-18-16(20-12-15-6-5-11-23-15)19-8-7-14-13-24-17(21-14)22-9-3-4-10-22;/h5-6,11,13H,2-4,7-10,12H2,1H3,(H2,18,19,20);1H. The van der Waals surface area contributed by atoms with E-state index in [1.54, 1.807) is 17.6 Å². The van der Waals surface area contributed by atoms with E-state index in [0.29, 0.717) is 6.54 Å². The summed E-state index contributed by atoms with van der Waals surface area (Å²) in [4.78, 5) is 11.7. The third-order valence-corrected chi connectivity index (χ3v) is 4.86. The van der Waals surface area contributed by atoms with Crippen LogP contribution in [0.3, 0.4) is 0 Å².